The average Bonchev–Trinajstić information content (AvgIpc) is 2.39. The highest BCUT2D eigenvalue weighted by Crippen LogP contribution is 2.25. The molecular weight excluding hydrogens is 252 g/mol. The Morgan fingerprint density at radius 3 is 2.61 bits per heavy atom. The summed E-state index contributed by atoms with van der Waals surface area (Å²) in [6.45, 7) is 2.64. The van der Waals surface area contributed by atoms with Crippen LogP contribution in [0.1, 0.15) is 30.7 Å². The van der Waals surface area contributed by atoms with Crippen molar-refractivity contribution >= 4 is 10.0 Å². The molecule has 7 heteroatoms. The number of rotatable bonds is 3. The summed E-state index contributed by atoms with van der Waals surface area (Å²) in [5, 5.41) is -0.666. The van der Waals surface area contributed by atoms with Gasteiger partial charge in [0.25, 0.3) is 0 Å². The zero-order valence-electron chi connectivity index (χ0n) is 10.4. The molecular formula is C11H18N4O2S. The molecule has 1 aromatic heterocycles. The van der Waals surface area contributed by atoms with E-state index in [0.717, 1.165) is 0 Å². The number of sulfonamides is 1. The van der Waals surface area contributed by atoms with Crippen molar-refractivity contribution in [3.63, 3.8) is 0 Å². The van der Waals surface area contributed by atoms with Crippen LogP contribution in [0, 0.1) is 0 Å². The molecule has 0 bridgehead atoms. The van der Waals surface area contributed by atoms with E-state index in [9.17, 15) is 8.42 Å². The summed E-state index contributed by atoms with van der Waals surface area (Å²) >= 11 is 0. The topological polar surface area (TPSA) is 89.2 Å². The molecule has 0 aromatic carbocycles. The SMILES string of the molecule is CC(c1cnccn1)S(=O)(=O)N1CCC(N)CC1. The Labute approximate surface area is 107 Å². The molecule has 0 saturated carbocycles. The Balaban J connectivity index is 2.16. The molecule has 1 aliphatic rings. The molecule has 2 N–H and O–H groups in total. The van der Waals surface area contributed by atoms with Crippen molar-refractivity contribution in [2.24, 2.45) is 5.73 Å². The van der Waals surface area contributed by atoms with E-state index in [1.54, 1.807) is 6.92 Å². The number of hydrogen-bond donors (Lipinski definition) is 1. The first kappa shape index (κ1) is 13.4. The molecule has 1 unspecified atom stereocenters. The smallest absolute Gasteiger partial charge is 0.222 e. The van der Waals surface area contributed by atoms with Crippen molar-refractivity contribution < 1.29 is 8.42 Å². The Hall–Kier alpha value is -1.05. The first-order chi connectivity index (χ1) is 8.51. The molecule has 0 aliphatic carbocycles. The summed E-state index contributed by atoms with van der Waals surface area (Å²) in [6, 6.07) is 0.114. The molecule has 1 aliphatic heterocycles. The molecule has 100 valence electrons. The van der Waals surface area contributed by atoms with Gasteiger partial charge in [0.05, 0.1) is 5.69 Å². The van der Waals surface area contributed by atoms with Gasteiger partial charge in [-0.05, 0) is 19.8 Å². The van der Waals surface area contributed by atoms with E-state index in [1.165, 1.54) is 22.9 Å². The molecule has 2 heterocycles. The molecule has 0 spiro atoms. The highest BCUT2D eigenvalue weighted by Gasteiger charge is 2.33. The number of piperidine rings is 1. The van der Waals surface area contributed by atoms with E-state index in [2.05, 4.69) is 9.97 Å². The molecule has 0 radical (unpaired) electrons. The number of nitrogens with zero attached hydrogens (tertiary/aromatic N) is 3. The van der Waals surface area contributed by atoms with Gasteiger partial charge in [-0.25, -0.2) is 12.7 Å². The van der Waals surface area contributed by atoms with Crippen molar-refractivity contribution in [1.29, 1.82) is 0 Å². The van der Waals surface area contributed by atoms with Gasteiger partial charge in [-0.1, -0.05) is 0 Å². The molecule has 0 amide bonds. The summed E-state index contributed by atoms with van der Waals surface area (Å²) in [5.41, 5.74) is 6.26. The fraction of sp³-hybridized carbons (Fsp3) is 0.636. The third-order valence-corrected chi connectivity index (χ3v) is 5.52. The summed E-state index contributed by atoms with van der Waals surface area (Å²) in [4.78, 5) is 7.97. The maximum atomic E-state index is 12.4. The minimum absolute atomic E-state index is 0.114. The third kappa shape index (κ3) is 2.68. The normalized spacial score (nSPS) is 20.8. The van der Waals surface area contributed by atoms with E-state index >= 15 is 0 Å². The van der Waals surface area contributed by atoms with Crippen LogP contribution in [-0.2, 0) is 10.0 Å². The second-order valence-corrected chi connectivity index (χ2v) is 6.81. The van der Waals surface area contributed by atoms with Crippen molar-refractivity contribution in [3.8, 4) is 0 Å². The van der Waals surface area contributed by atoms with E-state index in [-0.39, 0.29) is 6.04 Å². The Morgan fingerprint density at radius 1 is 1.39 bits per heavy atom. The van der Waals surface area contributed by atoms with E-state index < -0.39 is 15.3 Å². The number of aromatic nitrogens is 2. The standard InChI is InChI=1S/C11H18N4O2S/c1-9(11-8-13-4-5-14-11)18(16,17)15-6-2-10(12)3-7-15/h4-5,8-10H,2-3,6-7,12H2,1H3. The van der Waals surface area contributed by atoms with Gasteiger partial charge in [0.1, 0.15) is 5.25 Å². The Morgan fingerprint density at radius 2 is 2.06 bits per heavy atom. The van der Waals surface area contributed by atoms with Crippen molar-refractivity contribution in [1.82, 2.24) is 14.3 Å². The van der Waals surface area contributed by atoms with Gasteiger partial charge in [-0.3, -0.25) is 9.97 Å². The van der Waals surface area contributed by atoms with Crippen molar-refractivity contribution in [2.45, 2.75) is 31.1 Å². The van der Waals surface area contributed by atoms with Gasteiger partial charge in [0.2, 0.25) is 10.0 Å². The second kappa shape index (κ2) is 5.29. The molecule has 1 atom stereocenters. The van der Waals surface area contributed by atoms with Gasteiger partial charge in [-0.2, -0.15) is 0 Å². The third-order valence-electron chi connectivity index (χ3n) is 3.30. The van der Waals surface area contributed by atoms with E-state index in [4.69, 9.17) is 5.73 Å². The van der Waals surface area contributed by atoms with Gasteiger partial charge in [0, 0.05) is 37.7 Å². The summed E-state index contributed by atoms with van der Waals surface area (Å²) in [6.07, 6.45) is 5.97. The lowest BCUT2D eigenvalue weighted by molar-refractivity contribution is 0.317. The minimum atomic E-state index is -3.36. The number of hydrogen-bond acceptors (Lipinski definition) is 5. The van der Waals surface area contributed by atoms with Crippen molar-refractivity contribution in [3.05, 3.63) is 24.3 Å². The number of nitrogens with two attached hydrogens (primary N) is 1. The molecule has 18 heavy (non-hydrogen) atoms. The van der Waals surface area contributed by atoms with Crippen LogP contribution >= 0.6 is 0 Å². The highest BCUT2D eigenvalue weighted by molar-refractivity contribution is 7.89. The second-order valence-electron chi connectivity index (χ2n) is 4.55. The van der Waals surface area contributed by atoms with Gasteiger partial charge in [0.15, 0.2) is 0 Å². The highest BCUT2D eigenvalue weighted by atomic mass is 32.2. The quantitative estimate of drug-likeness (QED) is 0.852. The molecule has 2 rings (SSSR count). The van der Waals surface area contributed by atoms with Crippen LogP contribution in [0.4, 0.5) is 0 Å². The maximum Gasteiger partial charge on any atom is 0.222 e. The van der Waals surface area contributed by atoms with Crippen LogP contribution in [0.25, 0.3) is 0 Å². The van der Waals surface area contributed by atoms with E-state index in [1.807, 2.05) is 0 Å². The van der Waals surface area contributed by atoms with Crippen LogP contribution in [-0.4, -0.2) is 41.8 Å². The average molecular weight is 270 g/mol. The van der Waals surface area contributed by atoms with Gasteiger partial charge >= 0.3 is 0 Å². The summed E-state index contributed by atoms with van der Waals surface area (Å²) in [7, 11) is -3.36. The lowest BCUT2D eigenvalue weighted by Gasteiger charge is -2.31. The van der Waals surface area contributed by atoms with Gasteiger partial charge in [-0.15, -0.1) is 0 Å². The fourth-order valence-corrected chi connectivity index (χ4v) is 3.62. The monoisotopic (exact) mass is 270 g/mol. The van der Waals surface area contributed by atoms with Crippen LogP contribution in [0.5, 0.6) is 0 Å². The van der Waals surface area contributed by atoms with Gasteiger partial charge < -0.3 is 5.73 Å². The predicted molar refractivity (Wildman–Crippen MR) is 68.1 cm³/mol. The Bertz CT molecular complexity index is 483. The molecule has 6 nitrogen and oxygen atoms in total. The Kier molecular flexibility index (Phi) is 3.94. The minimum Gasteiger partial charge on any atom is -0.328 e. The lowest BCUT2D eigenvalue weighted by atomic mass is 10.1. The lowest BCUT2D eigenvalue weighted by Crippen LogP contribution is -2.44. The van der Waals surface area contributed by atoms with Crippen LogP contribution in [0.15, 0.2) is 18.6 Å². The summed E-state index contributed by atoms with van der Waals surface area (Å²) < 4.78 is 26.3. The van der Waals surface area contributed by atoms with Crippen LogP contribution < -0.4 is 5.73 Å². The maximum absolute atomic E-state index is 12.4. The largest absolute Gasteiger partial charge is 0.328 e. The fourth-order valence-electron chi connectivity index (χ4n) is 2.03. The molecule has 1 fully saturated rings. The zero-order valence-corrected chi connectivity index (χ0v) is 11.2. The molecule has 1 saturated heterocycles. The van der Waals surface area contributed by atoms with Crippen molar-refractivity contribution in [2.75, 3.05) is 13.1 Å². The first-order valence-corrected chi connectivity index (χ1v) is 7.52. The van der Waals surface area contributed by atoms with Crippen LogP contribution in [0.2, 0.25) is 0 Å². The van der Waals surface area contributed by atoms with E-state index in [0.29, 0.717) is 31.6 Å². The first-order valence-electron chi connectivity index (χ1n) is 6.02. The zero-order chi connectivity index (χ0) is 13.2. The predicted octanol–water partition coefficient (Wildman–Crippen LogP) is 0.290. The van der Waals surface area contributed by atoms with Crippen LogP contribution in [0.3, 0.4) is 0 Å². The molecule has 1 aromatic rings. The summed E-state index contributed by atoms with van der Waals surface area (Å²) in [5.74, 6) is 0.